The lowest BCUT2D eigenvalue weighted by Gasteiger charge is -1.99. The Morgan fingerprint density at radius 1 is 1.50 bits per heavy atom. The first-order valence-electron chi connectivity index (χ1n) is 4.21. The van der Waals surface area contributed by atoms with E-state index in [4.69, 9.17) is 10.5 Å². The maximum Gasteiger partial charge on any atom is 0.275 e. The minimum Gasteiger partial charge on any atom is -0.470 e. The lowest BCUT2D eigenvalue weighted by Crippen LogP contribution is -1.99. The first-order valence-corrected chi connectivity index (χ1v) is 5.91. The molecule has 0 aliphatic carbocycles. The third-order valence-electron chi connectivity index (χ3n) is 1.66. The van der Waals surface area contributed by atoms with Crippen molar-refractivity contribution in [3.05, 3.63) is 28.6 Å². The molecular formula is C9H10N2OS2. The Balaban J connectivity index is 1.78. The maximum atomic E-state index is 5.52. The predicted molar refractivity (Wildman–Crippen MR) is 60.0 cm³/mol. The van der Waals surface area contributed by atoms with Crippen molar-refractivity contribution in [2.24, 2.45) is 0 Å². The van der Waals surface area contributed by atoms with Crippen LogP contribution in [-0.4, -0.2) is 11.6 Å². The average Bonchev–Trinajstić information content (AvgIpc) is 2.77. The van der Waals surface area contributed by atoms with E-state index in [1.807, 2.05) is 6.07 Å². The highest BCUT2D eigenvalue weighted by molar-refractivity contribution is 7.17. The van der Waals surface area contributed by atoms with Gasteiger partial charge in [-0.1, -0.05) is 17.4 Å². The molecular weight excluding hydrogens is 216 g/mol. The average molecular weight is 226 g/mol. The van der Waals surface area contributed by atoms with Crippen molar-refractivity contribution in [2.75, 3.05) is 12.3 Å². The Bertz CT molecular complexity index is 383. The molecule has 0 amide bonds. The molecule has 2 rings (SSSR count). The number of rotatable bonds is 4. The molecule has 0 saturated heterocycles. The zero-order chi connectivity index (χ0) is 9.80. The zero-order valence-corrected chi connectivity index (χ0v) is 9.11. The fourth-order valence-electron chi connectivity index (χ4n) is 1.03. The molecule has 0 radical (unpaired) electrons. The standard InChI is InChI=1S/C9H10N2OS2/c10-8-6-11-9(14-8)12-4-3-7-2-1-5-13-7/h1-2,5-6H,3-4,10H2. The van der Waals surface area contributed by atoms with Crippen molar-refractivity contribution in [1.82, 2.24) is 4.98 Å². The molecule has 0 aliphatic heterocycles. The van der Waals surface area contributed by atoms with Gasteiger partial charge in [0, 0.05) is 11.3 Å². The summed E-state index contributed by atoms with van der Waals surface area (Å²) in [6.07, 6.45) is 2.54. The van der Waals surface area contributed by atoms with Crippen LogP contribution in [0.4, 0.5) is 5.00 Å². The first kappa shape index (κ1) is 9.48. The van der Waals surface area contributed by atoms with Crippen molar-refractivity contribution < 1.29 is 4.74 Å². The first-order chi connectivity index (χ1) is 6.84. The summed E-state index contributed by atoms with van der Waals surface area (Å²) in [5, 5.41) is 3.41. The van der Waals surface area contributed by atoms with E-state index in [1.165, 1.54) is 16.2 Å². The number of hydrogen-bond acceptors (Lipinski definition) is 5. The Morgan fingerprint density at radius 2 is 2.43 bits per heavy atom. The molecule has 0 atom stereocenters. The van der Waals surface area contributed by atoms with E-state index in [9.17, 15) is 0 Å². The highest BCUT2D eigenvalue weighted by atomic mass is 32.1. The van der Waals surface area contributed by atoms with Crippen LogP contribution >= 0.6 is 22.7 Å². The van der Waals surface area contributed by atoms with E-state index < -0.39 is 0 Å². The van der Waals surface area contributed by atoms with Crippen molar-refractivity contribution in [3.63, 3.8) is 0 Å². The van der Waals surface area contributed by atoms with Crippen molar-refractivity contribution in [1.29, 1.82) is 0 Å². The predicted octanol–water partition coefficient (Wildman–Crippen LogP) is 2.41. The second kappa shape index (κ2) is 4.43. The van der Waals surface area contributed by atoms with Crippen LogP contribution in [0.5, 0.6) is 5.19 Å². The minimum absolute atomic E-state index is 0.652. The lowest BCUT2D eigenvalue weighted by molar-refractivity contribution is 0.321. The molecule has 0 bridgehead atoms. The lowest BCUT2D eigenvalue weighted by atomic mass is 10.4. The molecule has 14 heavy (non-hydrogen) atoms. The van der Waals surface area contributed by atoms with Crippen molar-refractivity contribution in [2.45, 2.75) is 6.42 Å². The van der Waals surface area contributed by atoms with E-state index in [1.54, 1.807) is 17.5 Å². The monoisotopic (exact) mass is 226 g/mol. The van der Waals surface area contributed by atoms with E-state index >= 15 is 0 Å². The molecule has 74 valence electrons. The molecule has 5 heteroatoms. The normalized spacial score (nSPS) is 10.3. The maximum absolute atomic E-state index is 5.52. The molecule has 2 aromatic heterocycles. The Labute approximate surface area is 90.2 Å². The van der Waals surface area contributed by atoms with Gasteiger partial charge >= 0.3 is 0 Å². The topological polar surface area (TPSA) is 48.1 Å². The Hall–Kier alpha value is -1.07. The molecule has 0 spiro atoms. The summed E-state index contributed by atoms with van der Waals surface area (Å²) in [6.45, 7) is 0.660. The number of anilines is 1. The second-order valence-electron chi connectivity index (χ2n) is 2.71. The Kier molecular flexibility index (Phi) is 3.00. The molecule has 2 aromatic rings. The van der Waals surface area contributed by atoms with E-state index in [-0.39, 0.29) is 0 Å². The molecule has 2 N–H and O–H groups in total. The number of nitrogens with zero attached hydrogens (tertiary/aromatic N) is 1. The van der Waals surface area contributed by atoms with Crippen LogP contribution in [0.2, 0.25) is 0 Å². The van der Waals surface area contributed by atoms with E-state index in [0.717, 1.165) is 6.42 Å². The highest BCUT2D eigenvalue weighted by Gasteiger charge is 2.00. The van der Waals surface area contributed by atoms with Gasteiger partial charge in [-0.05, 0) is 11.4 Å². The van der Waals surface area contributed by atoms with Crippen LogP contribution < -0.4 is 10.5 Å². The van der Waals surface area contributed by atoms with Crippen LogP contribution in [0.25, 0.3) is 0 Å². The van der Waals surface area contributed by atoms with Gasteiger partial charge in [-0.3, -0.25) is 0 Å². The van der Waals surface area contributed by atoms with Gasteiger partial charge in [0.1, 0.15) is 5.00 Å². The molecule has 0 aliphatic rings. The summed E-state index contributed by atoms with van der Waals surface area (Å²) in [6, 6.07) is 4.14. The van der Waals surface area contributed by atoms with Gasteiger partial charge in [-0.25, -0.2) is 4.98 Å². The zero-order valence-electron chi connectivity index (χ0n) is 7.47. The third kappa shape index (κ3) is 2.46. The van der Waals surface area contributed by atoms with Gasteiger partial charge in [0.15, 0.2) is 0 Å². The van der Waals surface area contributed by atoms with Gasteiger partial charge in [0.25, 0.3) is 5.19 Å². The fourth-order valence-corrected chi connectivity index (χ4v) is 2.28. The summed E-state index contributed by atoms with van der Waals surface area (Å²) >= 11 is 3.11. The third-order valence-corrected chi connectivity index (χ3v) is 3.33. The smallest absolute Gasteiger partial charge is 0.275 e. The molecule has 0 fully saturated rings. The number of hydrogen-bond donors (Lipinski definition) is 1. The van der Waals surface area contributed by atoms with Crippen LogP contribution in [0.15, 0.2) is 23.7 Å². The SMILES string of the molecule is Nc1cnc(OCCc2cccs2)s1. The summed E-state index contributed by atoms with van der Waals surface area (Å²) in [7, 11) is 0. The van der Waals surface area contributed by atoms with Crippen LogP contribution in [0.3, 0.4) is 0 Å². The number of nitrogens with two attached hydrogens (primary N) is 1. The Morgan fingerprint density at radius 3 is 3.07 bits per heavy atom. The minimum atomic E-state index is 0.652. The quantitative estimate of drug-likeness (QED) is 0.871. The fraction of sp³-hybridized carbons (Fsp3) is 0.222. The van der Waals surface area contributed by atoms with Gasteiger partial charge in [-0.15, -0.1) is 11.3 Å². The number of aromatic nitrogens is 1. The van der Waals surface area contributed by atoms with Gasteiger partial charge < -0.3 is 10.5 Å². The molecule has 0 aromatic carbocycles. The highest BCUT2D eigenvalue weighted by Crippen LogP contribution is 2.22. The summed E-state index contributed by atoms with van der Waals surface area (Å²) < 4.78 is 5.43. The molecule has 0 saturated carbocycles. The van der Waals surface area contributed by atoms with E-state index in [2.05, 4.69) is 16.4 Å². The second-order valence-corrected chi connectivity index (χ2v) is 4.76. The number of ether oxygens (including phenoxy) is 1. The number of thiazole rings is 1. The van der Waals surface area contributed by atoms with Gasteiger partial charge in [0.05, 0.1) is 12.8 Å². The number of thiophene rings is 1. The van der Waals surface area contributed by atoms with Gasteiger partial charge in [0.2, 0.25) is 0 Å². The van der Waals surface area contributed by atoms with Crippen molar-refractivity contribution >= 4 is 27.7 Å². The molecule has 3 nitrogen and oxygen atoms in total. The van der Waals surface area contributed by atoms with Gasteiger partial charge in [-0.2, -0.15) is 0 Å². The van der Waals surface area contributed by atoms with E-state index in [0.29, 0.717) is 16.8 Å². The van der Waals surface area contributed by atoms with Crippen LogP contribution in [0, 0.1) is 0 Å². The number of nitrogen functional groups attached to an aromatic ring is 1. The van der Waals surface area contributed by atoms with Crippen LogP contribution in [-0.2, 0) is 6.42 Å². The largest absolute Gasteiger partial charge is 0.470 e. The summed E-state index contributed by atoms with van der Waals surface area (Å²) in [5.74, 6) is 0. The summed E-state index contributed by atoms with van der Waals surface area (Å²) in [5.41, 5.74) is 5.52. The van der Waals surface area contributed by atoms with Crippen molar-refractivity contribution in [3.8, 4) is 5.19 Å². The summed E-state index contributed by atoms with van der Waals surface area (Å²) in [4.78, 5) is 5.34. The van der Waals surface area contributed by atoms with Crippen LogP contribution in [0.1, 0.15) is 4.88 Å². The molecule has 0 unspecified atom stereocenters. The molecule has 2 heterocycles.